The number of fused-ring (bicyclic) bond motifs is 2. The van der Waals surface area contributed by atoms with E-state index >= 15 is 0 Å². The van der Waals surface area contributed by atoms with Gasteiger partial charge in [0, 0.05) is 18.2 Å². The lowest BCUT2D eigenvalue weighted by Gasteiger charge is -2.28. The van der Waals surface area contributed by atoms with Gasteiger partial charge in [0.2, 0.25) is 0 Å². The molecule has 0 atom stereocenters. The van der Waals surface area contributed by atoms with Crippen molar-refractivity contribution < 1.29 is 0 Å². The Morgan fingerprint density at radius 3 is 2.67 bits per heavy atom. The van der Waals surface area contributed by atoms with Crippen LogP contribution in [0, 0.1) is 6.92 Å². The second kappa shape index (κ2) is 7.28. The molecule has 8 heteroatoms. The molecule has 1 fully saturated rings. The van der Waals surface area contributed by atoms with E-state index < -0.39 is 0 Å². The molecule has 5 heterocycles. The third kappa shape index (κ3) is 3.27. The topological polar surface area (TPSA) is 80.7 Å². The van der Waals surface area contributed by atoms with Crippen LogP contribution < -0.4 is 5.56 Å². The first-order valence-electron chi connectivity index (χ1n) is 10.5. The van der Waals surface area contributed by atoms with Crippen molar-refractivity contribution in [3.8, 4) is 11.4 Å². The van der Waals surface area contributed by atoms with Crippen LogP contribution in [0.5, 0.6) is 0 Å². The summed E-state index contributed by atoms with van der Waals surface area (Å²) in [5.74, 6) is 0.388. The molecule has 30 heavy (non-hydrogen) atoms. The van der Waals surface area contributed by atoms with Crippen molar-refractivity contribution in [2.24, 2.45) is 0 Å². The number of rotatable bonds is 3. The summed E-state index contributed by atoms with van der Waals surface area (Å²) in [4.78, 5) is 29.1. The highest BCUT2D eigenvalue weighted by molar-refractivity contribution is 5.66. The highest BCUT2D eigenvalue weighted by Crippen LogP contribution is 2.26. The maximum atomic E-state index is 12.9. The minimum Gasteiger partial charge on any atom is -0.306 e. The average Bonchev–Trinajstić information content (AvgIpc) is 3.17. The second-order valence-electron chi connectivity index (χ2n) is 8.14. The summed E-state index contributed by atoms with van der Waals surface area (Å²) in [6.45, 7) is 6.13. The molecule has 1 aliphatic rings. The van der Waals surface area contributed by atoms with Gasteiger partial charge in [-0.2, -0.15) is 5.10 Å². The lowest BCUT2D eigenvalue weighted by molar-refractivity contribution is 0.253. The van der Waals surface area contributed by atoms with Crippen molar-refractivity contribution in [2.75, 3.05) is 20.1 Å². The van der Waals surface area contributed by atoms with Gasteiger partial charge in [0.25, 0.3) is 5.56 Å². The zero-order chi connectivity index (χ0) is 20.8. The number of hydrogen-bond acceptors (Lipinski definition) is 6. The molecule has 0 radical (unpaired) electrons. The van der Waals surface area contributed by atoms with E-state index in [4.69, 9.17) is 0 Å². The Morgan fingerprint density at radius 2 is 1.90 bits per heavy atom. The quantitative estimate of drug-likeness (QED) is 0.523. The number of aromatic nitrogens is 6. The minimum atomic E-state index is -0.117. The van der Waals surface area contributed by atoms with Crippen LogP contribution >= 0.6 is 0 Å². The summed E-state index contributed by atoms with van der Waals surface area (Å²) < 4.78 is 3.42. The molecule has 0 N–H and O–H groups in total. The predicted octanol–water partition coefficient (Wildman–Crippen LogP) is 2.48. The van der Waals surface area contributed by atoms with Gasteiger partial charge in [-0.3, -0.25) is 19.2 Å². The van der Waals surface area contributed by atoms with E-state index in [-0.39, 0.29) is 5.56 Å². The van der Waals surface area contributed by atoms with E-state index in [1.54, 1.807) is 16.7 Å². The molecule has 4 aromatic rings. The molecule has 0 unspecified atom stereocenters. The fraction of sp³-hybridized carbons (Fsp3) is 0.409. The molecule has 0 spiro atoms. The molecule has 0 aromatic carbocycles. The predicted molar refractivity (Wildman–Crippen MR) is 115 cm³/mol. The molecule has 0 amide bonds. The van der Waals surface area contributed by atoms with Gasteiger partial charge < -0.3 is 4.90 Å². The standard InChI is InChI=1S/C22H25N7O/c1-4-16-20-9-18(26-29(20)12-14(2)24-16)17-10-22(30)28-13-19(23-11-21(28)25-17)15-5-7-27(3)8-6-15/h9-13,15H,4-8H2,1-3H3. The van der Waals surface area contributed by atoms with E-state index in [2.05, 4.69) is 38.9 Å². The van der Waals surface area contributed by atoms with Crippen LogP contribution in [-0.4, -0.2) is 54.0 Å². The summed E-state index contributed by atoms with van der Waals surface area (Å²) >= 11 is 0. The van der Waals surface area contributed by atoms with E-state index in [0.717, 1.165) is 55.0 Å². The summed E-state index contributed by atoms with van der Waals surface area (Å²) in [6, 6.07) is 3.50. The SMILES string of the molecule is CCc1nc(C)cn2nc(-c3cc(=O)n4cc(C5CCN(C)CC5)ncc4n3)cc12. The third-order valence-electron chi connectivity index (χ3n) is 5.96. The highest BCUT2D eigenvalue weighted by atomic mass is 16.1. The highest BCUT2D eigenvalue weighted by Gasteiger charge is 2.20. The lowest BCUT2D eigenvalue weighted by Crippen LogP contribution is -2.30. The summed E-state index contributed by atoms with van der Waals surface area (Å²) in [7, 11) is 2.14. The Bertz CT molecular complexity index is 1300. The Kier molecular flexibility index (Phi) is 4.58. The van der Waals surface area contributed by atoms with Crippen molar-refractivity contribution in [2.45, 2.75) is 39.0 Å². The number of aryl methyl sites for hydroxylation is 2. The normalized spacial score (nSPS) is 16.0. The molecule has 154 valence electrons. The number of piperidine rings is 1. The molecule has 0 saturated carbocycles. The molecule has 0 bridgehead atoms. The number of nitrogens with zero attached hydrogens (tertiary/aromatic N) is 7. The fourth-order valence-electron chi connectivity index (χ4n) is 4.24. The Balaban J connectivity index is 1.56. The first kappa shape index (κ1) is 18.9. The Labute approximate surface area is 174 Å². The molecular formula is C22H25N7O. The number of likely N-dealkylation sites (tertiary alicyclic amines) is 1. The molecule has 0 aliphatic carbocycles. The summed E-state index contributed by atoms with van der Waals surface area (Å²) in [5.41, 5.74) is 5.44. The van der Waals surface area contributed by atoms with Crippen molar-refractivity contribution in [1.29, 1.82) is 0 Å². The fourth-order valence-corrected chi connectivity index (χ4v) is 4.24. The van der Waals surface area contributed by atoms with E-state index in [1.165, 1.54) is 0 Å². The molecular weight excluding hydrogens is 378 g/mol. The van der Waals surface area contributed by atoms with Crippen LogP contribution in [0.1, 0.15) is 42.8 Å². The number of hydrogen-bond donors (Lipinski definition) is 0. The average molecular weight is 403 g/mol. The largest absolute Gasteiger partial charge is 0.306 e. The van der Waals surface area contributed by atoms with Gasteiger partial charge in [-0.15, -0.1) is 0 Å². The maximum absolute atomic E-state index is 12.9. The lowest BCUT2D eigenvalue weighted by atomic mass is 9.94. The van der Waals surface area contributed by atoms with Crippen LogP contribution in [-0.2, 0) is 6.42 Å². The van der Waals surface area contributed by atoms with Gasteiger partial charge >= 0.3 is 0 Å². The smallest absolute Gasteiger partial charge is 0.258 e. The maximum Gasteiger partial charge on any atom is 0.258 e. The van der Waals surface area contributed by atoms with E-state index in [0.29, 0.717) is 23.0 Å². The van der Waals surface area contributed by atoms with Crippen LogP contribution in [0.4, 0.5) is 0 Å². The molecule has 8 nitrogen and oxygen atoms in total. The van der Waals surface area contributed by atoms with Crippen molar-refractivity contribution in [1.82, 2.24) is 33.9 Å². The van der Waals surface area contributed by atoms with Crippen LogP contribution in [0.2, 0.25) is 0 Å². The van der Waals surface area contributed by atoms with Crippen molar-refractivity contribution in [3.05, 3.63) is 58.2 Å². The van der Waals surface area contributed by atoms with Crippen molar-refractivity contribution >= 4 is 11.2 Å². The van der Waals surface area contributed by atoms with Gasteiger partial charge in [-0.25, -0.2) is 9.50 Å². The second-order valence-corrected chi connectivity index (χ2v) is 8.14. The van der Waals surface area contributed by atoms with Crippen LogP contribution in [0.25, 0.3) is 22.6 Å². The zero-order valence-electron chi connectivity index (χ0n) is 17.5. The van der Waals surface area contributed by atoms with Gasteiger partial charge in [-0.05, 0) is 52.4 Å². The van der Waals surface area contributed by atoms with Crippen LogP contribution in [0.15, 0.2) is 35.5 Å². The first-order chi connectivity index (χ1) is 14.5. The van der Waals surface area contributed by atoms with E-state index in [1.807, 2.05) is 29.9 Å². The Morgan fingerprint density at radius 1 is 1.10 bits per heavy atom. The molecule has 5 rings (SSSR count). The first-order valence-corrected chi connectivity index (χ1v) is 10.5. The third-order valence-corrected chi connectivity index (χ3v) is 5.96. The van der Waals surface area contributed by atoms with Gasteiger partial charge in [0.15, 0.2) is 5.65 Å². The summed E-state index contributed by atoms with van der Waals surface area (Å²) in [5, 5.41) is 4.64. The van der Waals surface area contributed by atoms with Crippen LogP contribution in [0.3, 0.4) is 0 Å². The van der Waals surface area contributed by atoms with E-state index in [9.17, 15) is 4.79 Å². The van der Waals surface area contributed by atoms with Gasteiger partial charge in [0.1, 0.15) is 5.69 Å². The molecule has 4 aromatic heterocycles. The Hall–Kier alpha value is -3.13. The van der Waals surface area contributed by atoms with Gasteiger partial charge in [-0.1, -0.05) is 6.92 Å². The monoisotopic (exact) mass is 403 g/mol. The summed E-state index contributed by atoms with van der Waals surface area (Å²) in [6.07, 6.45) is 8.39. The molecule has 1 saturated heterocycles. The van der Waals surface area contributed by atoms with Crippen molar-refractivity contribution in [3.63, 3.8) is 0 Å². The molecule has 1 aliphatic heterocycles. The van der Waals surface area contributed by atoms with Gasteiger partial charge in [0.05, 0.1) is 40.7 Å². The zero-order valence-corrected chi connectivity index (χ0v) is 17.5. The minimum absolute atomic E-state index is 0.117.